The summed E-state index contributed by atoms with van der Waals surface area (Å²) in [6, 6.07) is 5.94. The molecule has 0 amide bonds. The highest BCUT2D eigenvalue weighted by molar-refractivity contribution is 5.68. The summed E-state index contributed by atoms with van der Waals surface area (Å²) in [5.74, 6) is -0.0594. The Morgan fingerprint density at radius 3 is 2.77 bits per heavy atom. The standard InChI is InChI=1S/C16H26N2O4/c1-3-18(9-7-16(20)21)14-6-5-13(11-15(14)22-2)12-17-8-4-10-19/h5-6,11,17,19H,3-4,7-10,12H2,1-2H3,(H,20,21). The number of nitrogens with zero attached hydrogens (tertiary/aromatic N) is 1. The maximum absolute atomic E-state index is 10.7. The summed E-state index contributed by atoms with van der Waals surface area (Å²) in [7, 11) is 1.62. The second-order valence-electron chi connectivity index (χ2n) is 4.98. The zero-order valence-electron chi connectivity index (χ0n) is 13.3. The van der Waals surface area contributed by atoms with Gasteiger partial charge in [0.1, 0.15) is 5.75 Å². The minimum Gasteiger partial charge on any atom is -0.495 e. The van der Waals surface area contributed by atoms with Crippen LogP contribution in [0.15, 0.2) is 18.2 Å². The lowest BCUT2D eigenvalue weighted by atomic mass is 10.1. The van der Waals surface area contributed by atoms with E-state index in [2.05, 4.69) is 5.32 Å². The number of rotatable bonds is 11. The van der Waals surface area contributed by atoms with Crippen molar-refractivity contribution in [3.63, 3.8) is 0 Å². The molecule has 3 N–H and O–H groups in total. The summed E-state index contributed by atoms with van der Waals surface area (Å²) >= 11 is 0. The van der Waals surface area contributed by atoms with Crippen LogP contribution in [0.25, 0.3) is 0 Å². The van der Waals surface area contributed by atoms with Gasteiger partial charge in [0.25, 0.3) is 0 Å². The van der Waals surface area contributed by atoms with Gasteiger partial charge in [-0.05, 0) is 37.6 Å². The third-order valence-electron chi connectivity index (χ3n) is 3.40. The average molecular weight is 310 g/mol. The second-order valence-corrected chi connectivity index (χ2v) is 4.98. The monoisotopic (exact) mass is 310 g/mol. The normalized spacial score (nSPS) is 10.5. The van der Waals surface area contributed by atoms with Crippen LogP contribution in [-0.2, 0) is 11.3 Å². The van der Waals surface area contributed by atoms with Gasteiger partial charge >= 0.3 is 5.97 Å². The third kappa shape index (κ3) is 5.91. The van der Waals surface area contributed by atoms with E-state index >= 15 is 0 Å². The van der Waals surface area contributed by atoms with Crippen molar-refractivity contribution >= 4 is 11.7 Å². The number of hydrogen-bond donors (Lipinski definition) is 3. The van der Waals surface area contributed by atoms with Crippen molar-refractivity contribution in [1.29, 1.82) is 0 Å². The number of ether oxygens (including phenoxy) is 1. The van der Waals surface area contributed by atoms with Crippen LogP contribution in [0.3, 0.4) is 0 Å². The number of carbonyl (C=O) groups is 1. The van der Waals surface area contributed by atoms with Crippen LogP contribution in [0.4, 0.5) is 5.69 Å². The Morgan fingerprint density at radius 1 is 1.41 bits per heavy atom. The average Bonchev–Trinajstić information content (AvgIpc) is 2.52. The first-order valence-corrected chi connectivity index (χ1v) is 7.57. The predicted octanol–water partition coefficient (Wildman–Crippen LogP) is 1.47. The van der Waals surface area contributed by atoms with Crippen molar-refractivity contribution in [2.24, 2.45) is 0 Å². The van der Waals surface area contributed by atoms with Crippen molar-refractivity contribution in [3.8, 4) is 5.75 Å². The molecule has 0 saturated carbocycles. The number of anilines is 1. The number of aliphatic hydroxyl groups excluding tert-OH is 1. The summed E-state index contributed by atoms with van der Waals surface area (Å²) < 4.78 is 5.45. The molecule has 1 aromatic carbocycles. The number of methoxy groups -OCH3 is 1. The molecule has 0 heterocycles. The van der Waals surface area contributed by atoms with Crippen molar-refractivity contribution in [3.05, 3.63) is 23.8 Å². The lowest BCUT2D eigenvalue weighted by molar-refractivity contribution is -0.136. The van der Waals surface area contributed by atoms with Gasteiger partial charge < -0.3 is 25.2 Å². The summed E-state index contributed by atoms with van der Waals surface area (Å²) in [6.45, 7) is 4.82. The van der Waals surface area contributed by atoms with Gasteiger partial charge in [0.2, 0.25) is 0 Å². The zero-order valence-corrected chi connectivity index (χ0v) is 13.3. The molecule has 0 radical (unpaired) electrons. The molecule has 1 aromatic rings. The molecule has 6 nitrogen and oxygen atoms in total. The fourth-order valence-corrected chi connectivity index (χ4v) is 2.21. The molecule has 0 saturated heterocycles. The highest BCUT2D eigenvalue weighted by Gasteiger charge is 2.12. The molecule has 0 fully saturated rings. The van der Waals surface area contributed by atoms with E-state index in [9.17, 15) is 4.79 Å². The molecule has 124 valence electrons. The molecule has 1 rings (SSSR count). The second kappa shape index (κ2) is 10.0. The Labute approximate surface area is 131 Å². The summed E-state index contributed by atoms with van der Waals surface area (Å²) in [6.07, 6.45) is 0.829. The number of hydrogen-bond acceptors (Lipinski definition) is 5. The molecule has 0 spiro atoms. The first kappa shape index (κ1) is 18.3. The van der Waals surface area contributed by atoms with Gasteiger partial charge in [-0.25, -0.2) is 0 Å². The largest absolute Gasteiger partial charge is 0.495 e. The molecule has 0 aliphatic carbocycles. The molecule has 6 heteroatoms. The first-order chi connectivity index (χ1) is 10.6. The van der Waals surface area contributed by atoms with Gasteiger partial charge in [0.05, 0.1) is 19.2 Å². The fraction of sp³-hybridized carbons (Fsp3) is 0.562. The van der Waals surface area contributed by atoms with Crippen molar-refractivity contribution in [2.45, 2.75) is 26.3 Å². The highest BCUT2D eigenvalue weighted by Crippen LogP contribution is 2.29. The van der Waals surface area contributed by atoms with Gasteiger partial charge in [-0.3, -0.25) is 4.79 Å². The SMILES string of the molecule is CCN(CCC(=O)O)c1ccc(CNCCCO)cc1OC. The Hall–Kier alpha value is -1.79. The molecule has 0 atom stereocenters. The van der Waals surface area contributed by atoms with E-state index < -0.39 is 5.97 Å². The molecule has 0 aliphatic heterocycles. The smallest absolute Gasteiger partial charge is 0.305 e. The number of carboxylic acid groups (broad SMARTS) is 1. The fourth-order valence-electron chi connectivity index (χ4n) is 2.21. The first-order valence-electron chi connectivity index (χ1n) is 7.57. The van der Waals surface area contributed by atoms with E-state index in [0.717, 1.165) is 36.5 Å². The van der Waals surface area contributed by atoms with E-state index in [4.69, 9.17) is 14.9 Å². The molecule has 0 unspecified atom stereocenters. The highest BCUT2D eigenvalue weighted by atomic mass is 16.5. The molecular formula is C16H26N2O4. The zero-order chi connectivity index (χ0) is 16.4. The quantitative estimate of drug-likeness (QED) is 0.537. The van der Waals surface area contributed by atoms with Crippen LogP contribution < -0.4 is 15.0 Å². The van der Waals surface area contributed by atoms with E-state index in [-0.39, 0.29) is 13.0 Å². The minimum atomic E-state index is -0.804. The lowest BCUT2D eigenvalue weighted by Gasteiger charge is -2.25. The summed E-state index contributed by atoms with van der Waals surface area (Å²) in [5, 5.41) is 20.8. The molecule has 0 aromatic heterocycles. The number of benzene rings is 1. The Balaban J connectivity index is 2.75. The van der Waals surface area contributed by atoms with E-state index in [1.165, 1.54) is 0 Å². The number of aliphatic carboxylic acids is 1. The van der Waals surface area contributed by atoms with Crippen LogP contribution in [0.1, 0.15) is 25.3 Å². The number of aliphatic hydroxyl groups is 1. The van der Waals surface area contributed by atoms with Crippen LogP contribution in [-0.4, -0.2) is 49.5 Å². The molecule has 22 heavy (non-hydrogen) atoms. The van der Waals surface area contributed by atoms with Gasteiger partial charge in [0, 0.05) is 26.2 Å². The summed E-state index contributed by atoms with van der Waals surface area (Å²) in [5.41, 5.74) is 2.00. The van der Waals surface area contributed by atoms with Crippen LogP contribution in [0, 0.1) is 0 Å². The minimum absolute atomic E-state index is 0.0987. The van der Waals surface area contributed by atoms with E-state index in [1.54, 1.807) is 7.11 Å². The lowest BCUT2D eigenvalue weighted by Crippen LogP contribution is -2.26. The van der Waals surface area contributed by atoms with Crippen LogP contribution in [0.2, 0.25) is 0 Å². The van der Waals surface area contributed by atoms with Gasteiger partial charge in [-0.2, -0.15) is 0 Å². The van der Waals surface area contributed by atoms with Crippen LogP contribution >= 0.6 is 0 Å². The van der Waals surface area contributed by atoms with Gasteiger partial charge in [0.15, 0.2) is 0 Å². The predicted molar refractivity (Wildman–Crippen MR) is 86.5 cm³/mol. The molecule has 0 bridgehead atoms. The topological polar surface area (TPSA) is 82.0 Å². The van der Waals surface area contributed by atoms with Crippen molar-refractivity contribution < 1.29 is 19.7 Å². The van der Waals surface area contributed by atoms with E-state index in [1.807, 2.05) is 30.0 Å². The Bertz CT molecular complexity index is 465. The number of carboxylic acids is 1. The van der Waals surface area contributed by atoms with Crippen LogP contribution in [0.5, 0.6) is 5.75 Å². The molecule has 0 aliphatic rings. The molecular weight excluding hydrogens is 284 g/mol. The third-order valence-corrected chi connectivity index (χ3v) is 3.40. The summed E-state index contributed by atoms with van der Waals surface area (Å²) in [4.78, 5) is 12.7. The van der Waals surface area contributed by atoms with Crippen molar-refractivity contribution in [2.75, 3.05) is 38.3 Å². The van der Waals surface area contributed by atoms with E-state index in [0.29, 0.717) is 13.1 Å². The Morgan fingerprint density at radius 2 is 2.18 bits per heavy atom. The van der Waals surface area contributed by atoms with Gasteiger partial charge in [-0.1, -0.05) is 6.07 Å². The van der Waals surface area contributed by atoms with Gasteiger partial charge in [-0.15, -0.1) is 0 Å². The Kier molecular flexibility index (Phi) is 8.32. The number of nitrogens with one attached hydrogen (secondary N) is 1. The maximum atomic E-state index is 10.7. The van der Waals surface area contributed by atoms with Crippen molar-refractivity contribution in [1.82, 2.24) is 5.32 Å². The maximum Gasteiger partial charge on any atom is 0.305 e.